The van der Waals surface area contributed by atoms with Gasteiger partial charge in [0.15, 0.2) is 17.5 Å². The molecule has 0 saturated heterocycles. The highest BCUT2D eigenvalue weighted by Gasteiger charge is 2.56. The molecule has 26 heavy (non-hydrogen) atoms. The first-order chi connectivity index (χ1) is 12.2. The van der Waals surface area contributed by atoms with Gasteiger partial charge >= 0.3 is 0 Å². The van der Waals surface area contributed by atoms with Gasteiger partial charge in [0, 0.05) is 10.7 Å². The van der Waals surface area contributed by atoms with Crippen molar-refractivity contribution in [2.75, 3.05) is 10.6 Å². The fourth-order valence-corrected chi connectivity index (χ4v) is 2.78. The summed E-state index contributed by atoms with van der Waals surface area (Å²) in [5.74, 6) is -5.88. The van der Waals surface area contributed by atoms with E-state index in [0.29, 0.717) is 22.3 Å². The molecule has 0 unspecified atom stereocenters. The van der Waals surface area contributed by atoms with Crippen molar-refractivity contribution in [3.63, 3.8) is 0 Å². The van der Waals surface area contributed by atoms with Crippen molar-refractivity contribution in [3.05, 3.63) is 58.4 Å². The normalized spacial score (nSPS) is 14.7. The topological polar surface area (TPSA) is 58.2 Å². The van der Waals surface area contributed by atoms with E-state index in [1.165, 1.54) is 0 Å². The molecule has 0 aromatic heterocycles. The second kappa shape index (κ2) is 6.64. The molecule has 0 bridgehead atoms. The van der Waals surface area contributed by atoms with Crippen molar-refractivity contribution in [2.24, 2.45) is 5.41 Å². The average Bonchev–Trinajstić information content (AvgIpc) is 3.40. The summed E-state index contributed by atoms with van der Waals surface area (Å²) in [6, 6.07) is 6.47. The third kappa shape index (κ3) is 3.26. The predicted molar refractivity (Wildman–Crippen MR) is 91.4 cm³/mol. The molecule has 1 saturated carbocycles. The lowest BCUT2D eigenvalue weighted by atomic mass is 10.0. The van der Waals surface area contributed by atoms with Gasteiger partial charge in [0.2, 0.25) is 11.8 Å². The van der Waals surface area contributed by atoms with Gasteiger partial charge in [-0.2, -0.15) is 0 Å². The second-order valence-corrected chi connectivity index (χ2v) is 6.61. The standard InChI is InChI=1S/C18H14ClF3N2O2/c1-9-8-10(19)2-4-12(9)23-16(25)18(6-7-18)17(26)24-13-5-3-11(20)14(21)15(13)22/h2-5,8H,6-7H2,1H3,(H,23,25)(H,24,26). The Morgan fingerprint density at radius 1 is 0.962 bits per heavy atom. The van der Waals surface area contributed by atoms with Crippen LogP contribution in [0.1, 0.15) is 18.4 Å². The van der Waals surface area contributed by atoms with Gasteiger partial charge in [0.1, 0.15) is 5.41 Å². The number of carbonyl (C=O) groups is 2. The highest BCUT2D eigenvalue weighted by Crippen LogP contribution is 2.47. The van der Waals surface area contributed by atoms with Crippen molar-refractivity contribution in [3.8, 4) is 0 Å². The summed E-state index contributed by atoms with van der Waals surface area (Å²) in [6.45, 7) is 1.75. The molecule has 0 aliphatic heterocycles. The van der Waals surface area contributed by atoms with Crippen molar-refractivity contribution < 1.29 is 22.8 Å². The Bertz CT molecular complexity index is 914. The highest BCUT2D eigenvalue weighted by atomic mass is 35.5. The minimum absolute atomic E-state index is 0.266. The SMILES string of the molecule is Cc1cc(Cl)ccc1NC(=O)C1(C(=O)Nc2ccc(F)c(F)c2F)CC1. The maximum absolute atomic E-state index is 13.7. The monoisotopic (exact) mass is 382 g/mol. The number of amides is 2. The van der Waals surface area contributed by atoms with Crippen LogP contribution in [0.3, 0.4) is 0 Å². The molecule has 4 nitrogen and oxygen atoms in total. The molecule has 1 aliphatic carbocycles. The molecular formula is C18H14ClF3N2O2. The maximum atomic E-state index is 13.7. The molecule has 0 radical (unpaired) electrons. The molecule has 2 N–H and O–H groups in total. The number of hydrogen-bond acceptors (Lipinski definition) is 2. The summed E-state index contributed by atoms with van der Waals surface area (Å²) in [4.78, 5) is 25.0. The molecule has 136 valence electrons. The van der Waals surface area contributed by atoms with Gasteiger partial charge in [-0.15, -0.1) is 0 Å². The van der Waals surface area contributed by atoms with E-state index >= 15 is 0 Å². The van der Waals surface area contributed by atoms with Gasteiger partial charge in [0.25, 0.3) is 0 Å². The Morgan fingerprint density at radius 2 is 1.54 bits per heavy atom. The molecular weight excluding hydrogens is 369 g/mol. The molecule has 2 amide bonds. The Morgan fingerprint density at radius 3 is 2.12 bits per heavy atom. The summed E-state index contributed by atoms with van der Waals surface area (Å²) in [6.07, 6.45) is 0.533. The molecule has 2 aromatic rings. The van der Waals surface area contributed by atoms with Crippen LogP contribution in [-0.2, 0) is 9.59 Å². The van der Waals surface area contributed by atoms with Gasteiger partial charge in [-0.25, -0.2) is 13.2 Å². The fraction of sp³-hybridized carbons (Fsp3) is 0.222. The summed E-state index contributed by atoms with van der Waals surface area (Å²) >= 11 is 5.87. The second-order valence-electron chi connectivity index (χ2n) is 6.17. The van der Waals surface area contributed by atoms with E-state index in [2.05, 4.69) is 10.6 Å². The number of carbonyl (C=O) groups excluding carboxylic acids is 2. The number of halogens is 4. The minimum Gasteiger partial charge on any atom is -0.325 e. The molecule has 2 aromatic carbocycles. The van der Waals surface area contributed by atoms with Crippen LogP contribution in [0, 0.1) is 29.8 Å². The summed E-state index contributed by atoms with van der Waals surface area (Å²) in [5, 5.41) is 5.33. The maximum Gasteiger partial charge on any atom is 0.240 e. The van der Waals surface area contributed by atoms with Crippen LogP contribution >= 0.6 is 11.6 Å². The van der Waals surface area contributed by atoms with Crippen LogP contribution in [-0.4, -0.2) is 11.8 Å². The number of benzene rings is 2. The summed E-state index contributed by atoms with van der Waals surface area (Å²) in [5.41, 5.74) is -0.676. The molecule has 0 atom stereocenters. The lowest BCUT2D eigenvalue weighted by Crippen LogP contribution is -2.36. The van der Waals surface area contributed by atoms with Gasteiger partial charge in [-0.05, 0) is 55.7 Å². The Balaban J connectivity index is 1.77. The number of nitrogens with one attached hydrogen (secondary N) is 2. The first-order valence-electron chi connectivity index (χ1n) is 7.77. The zero-order valence-electron chi connectivity index (χ0n) is 13.6. The smallest absolute Gasteiger partial charge is 0.240 e. The number of anilines is 2. The van der Waals surface area contributed by atoms with Gasteiger partial charge in [0.05, 0.1) is 5.69 Å². The van der Waals surface area contributed by atoms with Gasteiger partial charge < -0.3 is 10.6 Å². The fourth-order valence-electron chi connectivity index (χ4n) is 2.56. The summed E-state index contributed by atoms with van der Waals surface area (Å²) in [7, 11) is 0. The van der Waals surface area contributed by atoms with Gasteiger partial charge in [-0.1, -0.05) is 11.6 Å². The number of hydrogen-bond donors (Lipinski definition) is 2. The average molecular weight is 383 g/mol. The Hall–Kier alpha value is -2.54. The van der Waals surface area contributed by atoms with Crippen molar-refractivity contribution in [1.29, 1.82) is 0 Å². The molecule has 8 heteroatoms. The van der Waals surface area contributed by atoms with E-state index < -0.39 is 40.4 Å². The molecule has 0 spiro atoms. The molecule has 3 rings (SSSR count). The van der Waals surface area contributed by atoms with E-state index in [1.807, 2.05) is 0 Å². The predicted octanol–water partition coefficient (Wildman–Crippen LogP) is 4.42. The van der Waals surface area contributed by atoms with E-state index in [0.717, 1.165) is 6.07 Å². The van der Waals surface area contributed by atoms with Gasteiger partial charge in [-0.3, -0.25) is 9.59 Å². The van der Waals surface area contributed by atoms with Crippen molar-refractivity contribution in [1.82, 2.24) is 0 Å². The summed E-state index contributed by atoms with van der Waals surface area (Å²) < 4.78 is 40.0. The van der Waals surface area contributed by atoms with Crippen LogP contribution in [0.2, 0.25) is 5.02 Å². The molecule has 1 fully saturated rings. The van der Waals surface area contributed by atoms with Crippen molar-refractivity contribution in [2.45, 2.75) is 19.8 Å². The molecule has 1 aliphatic rings. The third-order valence-corrected chi connectivity index (χ3v) is 4.57. The third-order valence-electron chi connectivity index (χ3n) is 4.34. The van der Waals surface area contributed by atoms with Crippen LogP contribution in [0.4, 0.5) is 24.5 Å². The van der Waals surface area contributed by atoms with Crippen molar-refractivity contribution >= 4 is 34.8 Å². The minimum atomic E-state index is -1.69. The highest BCUT2D eigenvalue weighted by molar-refractivity contribution is 6.30. The zero-order chi connectivity index (χ0) is 19.1. The largest absolute Gasteiger partial charge is 0.325 e. The zero-order valence-corrected chi connectivity index (χ0v) is 14.4. The molecule has 0 heterocycles. The van der Waals surface area contributed by atoms with Crippen LogP contribution in [0.15, 0.2) is 30.3 Å². The lowest BCUT2D eigenvalue weighted by Gasteiger charge is -2.17. The van der Waals surface area contributed by atoms with E-state index in [-0.39, 0.29) is 12.8 Å². The number of rotatable bonds is 4. The Labute approximate surface area is 152 Å². The lowest BCUT2D eigenvalue weighted by molar-refractivity contribution is -0.131. The van der Waals surface area contributed by atoms with E-state index in [9.17, 15) is 22.8 Å². The first kappa shape index (κ1) is 18.3. The van der Waals surface area contributed by atoms with Crippen LogP contribution < -0.4 is 10.6 Å². The van der Waals surface area contributed by atoms with E-state index in [4.69, 9.17) is 11.6 Å². The van der Waals surface area contributed by atoms with E-state index in [1.54, 1.807) is 25.1 Å². The Kier molecular flexibility index (Phi) is 4.66. The number of aryl methyl sites for hydroxylation is 1. The van der Waals surface area contributed by atoms with Crippen LogP contribution in [0.25, 0.3) is 0 Å². The quantitative estimate of drug-likeness (QED) is 0.607. The van der Waals surface area contributed by atoms with Crippen LogP contribution in [0.5, 0.6) is 0 Å². The first-order valence-corrected chi connectivity index (χ1v) is 8.15.